The predicted octanol–water partition coefficient (Wildman–Crippen LogP) is 4.50. The Labute approximate surface area is 115 Å². The van der Waals surface area contributed by atoms with Crippen molar-refractivity contribution in [1.29, 1.82) is 0 Å². The lowest BCUT2D eigenvalue weighted by molar-refractivity contribution is 0.366. The van der Waals surface area contributed by atoms with Gasteiger partial charge in [0.1, 0.15) is 5.01 Å². The first-order chi connectivity index (χ1) is 8.72. The van der Waals surface area contributed by atoms with E-state index in [1.807, 2.05) is 11.3 Å². The highest BCUT2D eigenvalue weighted by molar-refractivity contribution is 7.09. The maximum absolute atomic E-state index is 4.86. The van der Waals surface area contributed by atoms with Crippen molar-refractivity contribution >= 4 is 11.3 Å². The van der Waals surface area contributed by atoms with Gasteiger partial charge in [0.25, 0.3) is 0 Å². The Hall–Kier alpha value is -0.410. The second-order valence-electron chi connectivity index (χ2n) is 5.74. The largest absolute Gasteiger partial charge is 0.308 e. The molecule has 0 spiro atoms. The Kier molecular flexibility index (Phi) is 5.19. The third-order valence-electron chi connectivity index (χ3n) is 3.88. The molecule has 0 radical (unpaired) electrons. The molecule has 18 heavy (non-hydrogen) atoms. The summed E-state index contributed by atoms with van der Waals surface area (Å²) in [6, 6.07) is 0.505. The molecule has 2 nitrogen and oxygen atoms in total. The second kappa shape index (κ2) is 6.67. The van der Waals surface area contributed by atoms with E-state index in [9.17, 15) is 0 Å². The minimum absolute atomic E-state index is 0.505. The van der Waals surface area contributed by atoms with Gasteiger partial charge in [-0.05, 0) is 37.6 Å². The molecule has 1 fully saturated rings. The van der Waals surface area contributed by atoms with E-state index < -0.39 is 0 Å². The van der Waals surface area contributed by atoms with Crippen LogP contribution >= 0.6 is 11.3 Å². The molecule has 0 bridgehead atoms. The van der Waals surface area contributed by atoms with Crippen LogP contribution in [-0.4, -0.2) is 11.5 Å². The molecule has 1 aromatic heterocycles. The quantitative estimate of drug-likeness (QED) is 0.820. The SMILES string of the molecule is CCCNC(c1nc(C(C)C)cs1)C1CCCC1. The van der Waals surface area contributed by atoms with Gasteiger partial charge in [0, 0.05) is 5.38 Å². The van der Waals surface area contributed by atoms with E-state index >= 15 is 0 Å². The minimum Gasteiger partial charge on any atom is -0.308 e. The van der Waals surface area contributed by atoms with Crippen molar-refractivity contribution in [3.63, 3.8) is 0 Å². The van der Waals surface area contributed by atoms with E-state index in [0.29, 0.717) is 12.0 Å². The van der Waals surface area contributed by atoms with Crippen LogP contribution in [0, 0.1) is 5.92 Å². The van der Waals surface area contributed by atoms with Crippen LogP contribution in [0.3, 0.4) is 0 Å². The highest BCUT2D eigenvalue weighted by Crippen LogP contribution is 2.37. The molecule has 102 valence electrons. The Morgan fingerprint density at radius 1 is 1.39 bits per heavy atom. The molecule has 0 amide bonds. The lowest BCUT2D eigenvalue weighted by atomic mass is 9.98. The number of nitrogens with one attached hydrogen (secondary N) is 1. The Morgan fingerprint density at radius 3 is 2.67 bits per heavy atom. The van der Waals surface area contributed by atoms with Crippen molar-refractivity contribution in [2.24, 2.45) is 5.92 Å². The van der Waals surface area contributed by atoms with Crippen LogP contribution in [-0.2, 0) is 0 Å². The fourth-order valence-electron chi connectivity index (χ4n) is 2.75. The van der Waals surface area contributed by atoms with Gasteiger partial charge in [-0.15, -0.1) is 11.3 Å². The molecular formula is C15H26N2S. The van der Waals surface area contributed by atoms with Gasteiger partial charge in [0.15, 0.2) is 0 Å². The summed E-state index contributed by atoms with van der Waals surface area (Å²) in [6.45, 7) is 7.80. The molecular weight excluding hydrogens is 240 g/mol. The average Bonchev–Trinajstić information content (AvgIpc) is 3.00. The molecule has 1 unspecified atom stereocenters. The van der Waals surface area contributed by atoms with Crippen LogP contribution < -0.4 is 5.32 Å². The van der Waals surface area contributed by atoms with Gasteiger partial charge in [-0.25, -0.2) is 4.98 Å². The first-order valence-corrected chi connectivity index (χ1v) is 8.29. The highest BCUT2D eigenvalue weighted by Gasteiger charge is 2.28. The number of thiazole rings is 1. The molecule has 1 aromatic rings. The van der Waals surface area contributed by atoms with Crippen LogP contribution in [0.15, 0.2) is 5.38 Å². The molecule has 1 aliphatic rings. The number of nitrogens with zero attached hydrogens (tertiary/aromatic N) is 1. The lowest BCUT2D eigenvalue weighted by Crippen LogP contribution is -2.27. The first-order valence-electron chi connectivity index (χ1n) is 7.41. The topological polar surface area (TPSA) is 24.9 Å². The zero-order valence-electron chi connectivity index (χ0n) is 11.9. The van der Waals surface area contributed by atoms with Crippen molar-refractivity contribution < 1.29 is 0 Å². The lowest BCUT2D eigenvalue weighted by Gasteiger charge is -2.22. The molecule has 1 atom stereocenters. The Morgan fingerprint density at radius 2 is 2.11 bits per heavy atom. The van der Waals surface area contributed by atoms with Crippen LogP contribution in [0.25, 0.3) is 0 Å². The molecule has 0 saturated heterocycles. The molecule has 1 heterocycles. The summed E-state index contributed by atoms with van der Waals surface area (Å²) >= 11 is 1.85. The van der Waals surface area contributed by atoms with E-state index in [1.165, 1.54) is 42.8 Å². The molecule has 1 N–H and O–H groups in total. The molecule has 1 saturated carbocycles. The summed E-state index contributed by atoms with van der Waals surface area (Å²) in [7, 11) is 0. The maximum Gasteiger partial charge on any atom is 0.110 e. The van der Waals surface area contributed by atoms with Gasteiger partial charge in [-0.2, -0.15) is 0 Å². The van der Waals surface area contributed by atoms with E-state index in [-0.39, 0.29) is 0 Å². The number of aromatic nitrogens is 1. The Balaban J connectivity index is 2.10. The van der Waals surface area contributed by atoms with Gasteiger partial charge < -0.3 is 5.32 Å². The summed E-state index contributed by atoms with van der Waals surface area (Å²) in [4.78, 5) is 4.86. The predicted molar refractivity (Wildman–Crippen MR) is 79.2 cm³/mol. The number of hydrogen-bond donors (Lipinski definition) is 1. The fourth-order valence-corrected chi connectivity index (χ4v) is 3.90. The van der Waals surface area contributed by atoms with Crippen molar-refractivity contribution in [1.82, 2.24) is 10.3 Å². The summed E-state index contributed by atoms with van der Waals surface area (Å²) in [6.07, 6.45) is 6.75. The van der Waals surface area contributed by atoms with E-state index in [0.717, 1.165) is 12.5 Å². The third-order valence-corrected chi connectivity index (χ3v) is 4.83. The van der Waals surface area contributed by atoms with Crippen LogP contribution in [0.2, 0.25) is 0 Å². The van der Waals surface area contributed by atoms with Crippen LogP contribution in [0.5, 0.6) is 0 Å². The normalized spacial score (nSPS) is 18.7. The minimum atomic E-state index is 0.505. The van der Waals surface area contributed by atoms with Crippen LogP contribution in [0.1, 0.15) is 75.5 Å². The molecule has 0 aromatic carbocycles. The van der Waals surface area contributed by atoms with Gasteiger partial charge >= 0.3 is 0 Å². The molecule has 3 heteroatoms. The fraction of sp³-hybridized carbons (Fsp3) is 0.800. The first kappa shape index (κ1) is 14.0. The summed E-state index contributed by atoms with van der Waals surface area (Å²) in [5.74, 6) is 1.35. The van der Waals surface area contributed by atoms with Crippen molar-refractivity contribution in [2.75, 3.05) is 6.54 Å². The smallest absolute Gasteiger partial charge is 0.110 e. The Bertz CT molecular complexity index is 353. The van der Waals surface area contributed by atoms with Crippen molar-refractivity contribution in [3.05, 3.63) is 16.1 Å². The average molecular weight is 266 g/mol. The van der Waals surface area contributed by atoms with Crippen molar-refractivity contribution in [2.45, 2.75) is 64.8 Å². The van der Waals surface area contributed by atoms with Gasteiger partial charge in [-0.1, -0.05) is 33.6 Å². The van der Waals surface area contributed by atoms with Crippen LogP contribution in [0.4, 0.5) is 0 Å². The summed E-state index contributed by atoms with van der Waals surface area (Å²) < 4.78 is 0. The van der Waals surface area contributed by atoms with Gasteiger partial charge in [-0.3, -0.25) is 0 Å². The monoisotopic (exact) mass is 266 g/mol. The highest BCUT2D eigenvalue weighted by atomic mass is 32.1. The molecule has 2 rings (SSSR count). The zero-order valence-corrected chi connectivity index (χ0v) is 12.7. The van der Waals surface area contributed by atoms with E-state index in [1.54, 1.807) is 0 Å². The zero-order chi connectivity index (χ0) is 13.0. The van der Waals surface area contributed by atoms with E-state index in [2.05, 4.69) is 31.5 Å². The number of hydrogen-bond acceptors (Lipinski definition) is 3. The number of rotatable bonds is 6. The molecule has 0 aliphatic heterocycles. The summed E-state index contributed by atoms with van der Waals surface area (Å²) in [5, 5.41) is 7.29. The van der Waals surface area contributed by atoms with E-state index in [4.69, 9.17) is 4.98 Å². The second-order valence-corrected chi connectivity index (χ2v) is 6.63. The summed E-state index contributed by atoms with van der Waals surface area (Å²) in [5.41, 5.74) is 1.26. The van der Waals surface area contributed by atoms with Gasteiger partial charge in [0.2, 0.25) is 0 Å². The van der Waals surface area contributed by atoms with Gasteiger partial charge in [0.05, 0.1) is 11.7 Å². The maximum atomic E-state index is 4.86. The standard InChI is InChI=1S/C15H26N2S/c1-4-9-16-14(12-7-5-6-8-12)15-17-13(10-18-15)11(2)3/h10-12,14,16H,4-9H2,1-3H3. The third kappa shape index (κ3) is 3.33. The molecule has 1 aliphatic carbocycles. The van der Waals surface area contributed by atoms with Crippen molar-refractivity contribution in [3.8, 4) is 0 Å².